The van der Waals surface area contributed by atoms with Gasteiger partial charge in [0.05, 0.1) is 0 Å². The van der Waals surface area contributed by atoms with Crippen molar-refractivity contribution < 1.29 is 0 Å². The van der Waals surface area contributed by atoms with Crippen LogP contribution in [0, 0.1) is 5.92 Å². The maximum absolute atomic E-state index is 5.97. The quantitative estimate of drug-likeness (QED) is 0.452. The van der Waals surface area contributed by atoms with E-state index in [0.717, 1.165) is 5.92 Å². The minimum Gasteiger partial charge on any atom is -0.306 e. The van der Waals surface area contributed by atoms with E-state index in [-0.39, 0.29) is 0 Å². The lowest BCUT2D eigenvalue weighted by molar-refractivity contribution is 0.206. The Morgan fingerprint density at radius 2 is 1.80 bits per heavy atom. The zero-order valence-corrected chi connectivity index (χ0v) is 11.1. The van der Waals surface area contributed by atoms with E-state index in [1.807, 2.05) is 0 Å². The molecule has 0 amide bonds. The van der Waals surface area contributed by atoms with Gasteiger partial charge in [0.25, 0.3) is 0 Å². The van der Waals surface area contributed by atoms with Gasteiger partial charge in [0.2, 0.25) is 0 Å². The lowest BCUT2D eigenvalue weighted by Gasteiger charge is -2.34. The third-order valence-electron chi connectivity index (χ3n) is 3.39. The molecule has 0 bridgehead atoms. The highest BCUT2D eigenvalue weighted by Gasteiger charge is 2.27. The number of hydrogen-bond acceptors (Lipinski definition) is 1. The maximum Gasteiger partial charge on any atom is 0.0342 e. The highest BCUT2D eigenvalue weighted by atomic mass is 35.5. The van der Waals surface area contributed by atoms with Crippen LogP contribution >= 0.6 is 11.6 Å². The summed E-state index contributed by atoms with van der Waals surface area (Å²) in [5.41, 5.74) is 0. The first kappa shape index (κ1) is 13.3. The average molecular weight is 232 g/mol. The Morgan fingerprint density at radius 1 is 1.13 bits per heavy atom. The summed E-state index contributed by atoms with van der Waals surface area (Å²) in [5.74, 6) is 0.883. The third-order valence-corrected chi connectivity index (χ3v) is 3.75. The molecule has 0 saturated heterocycles. The molecule has 1 aliphatic carbocycles. The number of alkyl halides is 1. The zero-order valence-electron chi connectivity index (χ0n) is 10.3. The topological polar surface area (TPSA) is 3.24 Å². The normalized spacial score (nSPS) is 25.6. The van der Waals surface area contributed by atoms with Gasteiger partial charge >= 0.3 is 0 Å². The van der Waals surface area contributed by atoms with Gasteiger partial charge in [-0.25, -0.2) is 0 Å². The number of rotatable bonds is 8. The van der Waals surface area contributed by atoms with Crippen molar-refractivity contribution >= 4 is 11.6 Å². The average Bonchev–Trinajstić information content (AvgIpc) is 2.15. The Morgan fingerprint density at radius 3 is 2.40 bits per heavy atom. The lowest BCUT2D eigenvalue weighted by Crippen LogP contribution is -2.35. The molecular formula is C13H26ClN. The number of unbranched alkanes of at least 4 members (excludes halogenated alkanes) is 4. The summed E-state index contributed by atoms with van der Waals surface area (Å²) in [5, 5.41) is 0.480. The van der Waals surface area contributed by atoms with Gasteiger partial charge in [-0.05, 0) is 38.8 Å². The zero-order chi connectivity index (χ0) is 11.1. The molecule has 0 unspecified atom stereocenters. The van der Waals surface area contributed by atoms with Crippen LogP contribution < -0.4 is 0 Å². The molecule has 0 atom stereocenters. The van der Waals surface area contributed by atoms with Gasteiger partial charge in [0, 0.05) is 11.9 Å². The van der Waals surface area contributed by atoms with Crippen LogP contribution in [0.2, 0.25) is 0 Å². The summed E-state index contributed by atoms with van der Waals surface area (Å²) in [6, 6.07) is 0. The summed E-state index contributed by atoms with van der Waals surface area (Å²) >= 11 is 5.97. The maximum atomic E-state index is 5.97. The van der Waals surface area contributed by atoms with Crippen molar-refractivity contribution in [1.29, 1.82) is 0 Å². The Balaban J connectivity index is 1.87. The molecule has 1 nitrogen and oxygen atoms in total. The van der Waals surface area contributed by atoms with Gasteiger partial charge in [-0.15, -0.1) is 11.6 Å². The fourth-order valence-electron chi connectivity index (χ4n) is 2.32. The van der Waals surface area contributed by atoms with Gasteiger partial charge in [-0.3, -0.25) is 0 Å². The van der Waals surface area contributed by atoms with Crippen molar-refractivity contribution in [2.45, 2.75) is 57.2 Å². The summed E-state index contributed by atoms with van der Waals surface area (Å²) in [6.07, 6.45) is 9.41. The Kier molecular flexibility index (Phi) is 6.67. The molecule has 0 radical (unpaired) electrons. The van der Waals surface area contributed by atoms with E-state index < -0.39 is 0 Å². The molecule has 2 heteroatoms. The summed E-state index contributed by atoms with van der Waals surface area (Å²) < 4.78 is 0. The smallest absolute Gasteiger partial charge is 0.0342 e. The van der Waals surface area contributed by atoms with Crippen molar-refractivity contribution in [3.8, 4) is 0 Å². The standard InChI is InChI=1S/C13H26ClN/c1-3-4-5-6-7-8-15(2)11-12-9-13(14)10-12/h12-13H,3-11H2,1-2H3. The fraction of sp³-hybridized carbons (Fsp3) is 1.00. The molecule has 1 aliphatic rings. The first-order valence-electron chi connectivity index (χ1n) is 6.55. The predicted molar refractivity (Wildman–Crippen MR) is 68.6 cm³/mol. The summed E-state index contributed by atoms with van der Waals surface area (Å²) in [6.45, 7) is 4.80. The second-order valence-corrected chi connectivity index (χ2v) is 5.73. The van der Waals surface area contributed by atoms with Crippen molar-refractivity contribution in [2.24, 2.45) is 5.92 Å². The van der Waals surface area contributed by atoms with Crippen LogP contribution in [0.5, 0.6) is 0 Å². The van der Waals surface area contributed by atoms with Crippen molar-refractivity contribution in [3.63, 3.8) is 0 Å². The molecule has 1 saturated carbocycles. The molecular weight excluding hydrogens is 206 g/mol. The van der Waals surface area contributed by atoms with Crippen LogP contribution in [0.4, 0.5) is 0 Å². The van der Waals surface area contributed by atoms with Gasteiger partial charge in [-0.1, -0.05) is 32.6 Å². The Bertz CT molecular complexity index is 155. The van der Waals surface area contributed by atoms with E-state index in [1.165, 1.54) is 58.0 Å². The first-order chi connectivity index (χ1) is 7.22. The highest BCUT2D eigenvalue weighted by Crippen LogP contribution is 2.32. The fourth-order valence-corrected chi connectivity index (χ4v) is 2.82. The van der Waals surface area contributed by atoms with Crippen molar-refractivity contribution in [2.75, 3.05) is 20.1 Å². The minimum absolute atomic E-state index is 0.480. The molecule has 90 valence electrons. The van der Waals surface area contributed by atoms with E-state index in [0.29, 0.717) is 5.38 Å². The van der Waals surface area contributed by atoms with E-state index in [9.17, 15) is 0 Å². The second-order valence-electron chi connectivity index (χ2n) is 5.11. The van der Waals surface area contributed by atoms with Gasteiger partial charge in [0.1, 0.15) is 0 Å². The molecule has 0 spiro atoms. The van der Waals surface area contributed by atoms with Crippen LogP contribution in [0.1, 0.15) is 51.9 Å². The monoisotopic (exact) mass is 231 g/mol. The SMILES string of the molecule is CCCCCCCN(C)CC1CC(Cl)C1. The van der Waals surface area contributed by atoms with Gasteiger partial charge < -0.3 is 4.90 Å². The lowest BCUT2D eigenvalue weighted by atomic mass is 9.84. The number of halogens is 1. The molecule has 0 heterocycles. The van der Waals surface area contributed by atoms with E-state index in [2.05, 4.69) is 18.9 Å². The van der Waals surface area contributed by atoms with Crippen molar-refractivity contribution in [1.82, 2.24) is 4.90 Å². The van der Waals surface area contributed by atoms with Crippen LogP contribution in [0.25, 0.3) is 0 Å². The second kappa shape index (κ2) is 7.51. The molecule has 15 heavy (non-hydrogen) atoms. The molecule has 0 aliphatic heterocycles. The highest BCUT2D eigenvalue weighted by molar-refractivity contribution is 6.21. The molecule has 0 aromatic heterocycles. The molecule has 0 aromatic carbocycles. The van der Waals surface area contributed by atoms with Crippen LogP contribution in [-0.2, 0) is 0 Å². The minimum atomic E-state index is 0.480. The molecule has 0 aromatic rings. The predicted octanol–water partition coefficient (Wildman–Crippen LogP) is 3.91. The van der Waals surface area contributed by atoms with Gasteiger partial charge in [-0.2, -0.15) is 0 Å². The number of hydrogen-bond donors (Lipinski definition) is 0. The van der Waals surface area contributed by atoms with E-state index >= 15 is 0 Å². The Hall–Kier alpha value is 0.250. The Labute approximate surface area is 100 Å². The van der Waals surface area contributed by atoms with Crippen LogP contribution in [0.15, 0.2) is 0 Å². The van der Waals surface area contributed by atoms with Crippen LogP contribution in [0.3, 0.4) is 0 Å². The summed E-state index contributed by atoms with van der Waals surface area (Å²) in [4.78, 5) is 2.49. The molecule has 1 fully saturated rings. The van der Waals surface area contributed by atoms with Gasteiger partial charge in [0.15, 0.2) is 0 Å². The van der Waals surface area contributed by atoms with E-state index in [1.54, 1.807) is 0 Å². The number of nitrogens with zero attached hydrogens (tertiary/aromatic N) is 1. The molecule has 0 N–H and O–H groups in total. The van der Waals surface area contributed by atoms with E-state index in [4.69, 9.17) is 11.6 Å². The summed E-state index contributed by atoms with van der Waals surface area (Å²) in [7, 11) is 2.25. The molecule has 1 rings (SSSR count). The first-order valence-corrected chi connectivity index (χ1v) is 6.98. The van der Waals surface area contributed by atoms with Crippen LogP contribution in [-0.4, -0.2) is 30.4 Å². The third kappa shape index (κ3) is 5.77. The largest absolute Gasteiger partial charge is 0.306 e. The van der Waals surface area contributed by atoms with Crippen molar-refractivity contribution in [3.05, 3.63) is 0 Å².